The lowest BCUT2D eigenvalue weighted by Gasteiger charge is -2.14. The third kappa shape index (κ3) is 3.90. The predicted molar refractivity (Wildman–Crippen MR) is 99.4 cm³/mol. The third-order valence-electron chi connectivity index (χ3n) is 3.61. The first-order valence-electron chi connectivity index (χ1n) is 7.52. The number of thiocarbonyl (C=S) groups is 1. The molecule has 2 aromatic rings. The molecule has 2 heterocycles. The predicted octanol–water partition coefficient (Wildman–Crippen LogP) is 2.23. The molecule has 1 aliphatic heterocycles. The summed E-state index contributed by atoms with van der Waals surface area (Å²) in [6, 6.07) is 5.46. The van der Waals surface area contributed by atoms with Crippen LogP contribution in [0.5, 0.6) is 0 Å². The molecule has 10 heteroatoms. The minimum atomic E-state index is -0.393. The topological polar surface area (TPSA) is 92.5 Å². The fraction of sp³-hybridized carbons (Fsp3) is 0.333. The minimum absolute atomic E-state index is 0.282. The third-order valence-corrected chi connectivity index (χ3v) is 4.62. The molecule has 1 fully saturated rings. The van der Waals surface area contributed by atoms with Crippen LogP contribution in [0.2, 0.25) is 0 Å². The molecule has 0 radical (unpaired) electrons. The molecule has 1 amide bonds. The van der Waals surface area contributed by atoms with Gasteiger partial charge in [0.25, 0.3) is 5.89 Å². The first-order valence-corrected chi connectivity index (χ1v) is 8.72. The Morgan fingerprint density at radius 2 is 2.32 bits per heavy atom. The first-order chi connectivity index (χ1) is 12.0. The number of nitrogens with one attached hydrogen (secondary N) is 2. The van der Waals surface area contributed by atoms with Gasteiger partial charge in [0.2, 0.25) is 0 Å². The van der Waals surface area contributed by atoms with E-state index < -0.39 is 6.09 Å². The Balaban J connectivity index is 1.72. The van der Waals surface area contributed by atoms with Gasteiger partial charge in [-0.2, -0.15) is 4.98 Å². The number of carbonyl (C=O) groups excluding carboxylic acids is 1. The van der Waals surface area contributed by atoms with Gasteiger partial charge in [0.1, 0.15) is 6.10 Å². The van der Waals surface area contributed by atoms with Gasteiger partial charge in [0, 0.05) is 17.2 Å². The fourth-order valence-corrected chi connectivity index (χ4v) is 3.01. The zero-order valence-electron chi connectivity index (χ0n) is 13.6. The zero-order valence-corrected chi connectivity index (χ0v) is 16.0. The highest BCUT2D eigenvalue weighted by Gasteiger charge is 2.32. The maximum Gasteiger partial charge on any atom is 0.414 e. The van der Waals surface area contributed by atoms with Crippen molar-refractivity contribution >= 4 is 45.0 Å². The maximum atomic E-state index is 12.1. The van der Waals surface area contributed by atoms with Gasteiger partial charge >= 0.3 is 6.09 Å². The van der Waals surface area contributed by atoms with E-state index in [1.54, 1.807) is 18.9 Å². The highest BCUT2D eigenvalue weighted by atomic mass is 79.9. The normalized spacial score (nSPS) is 16.7. The molecular formula is C15H16BrN5O3S. The van der Waals surface area contributed by atoms with Gasteiger partial charge in [-0.3, -0.25) is 4.90 Å². The monoisotopic (exact) mass is 425 g/mol. The largest absolute Gasteiger partial charge is 0.442 e. The number of ether oxygens (including phenoxy) is 1. The molecule has 1 aliphatic rings. The lowest BCUT2D eigenvalue weighted by molar-refractivity contribution is 0.143. The van der Waals surface area contributed by atoms with E-state index in [2.05, 4.69) is 36.7 Å². The molecule has 1 saturated heterocycles. The lowest BCUT2D eigenvalue weighted by Crippen LogP contribution is -2.39. The van der Waals surface area contributed by atoms with Gasteiger partial charge in [0.05, 0.1) is 18.7 Å². The van der Waals surface area contributed by atoms with Gasteiger partial charge in [-0.05, 0) is 53.3 Å². The molecule has 132 valence electrons. The number of amides is 1. The molecule has 1 unspecified atom stereocenters. The number of hydrogen-bond donors (Lipinski definition) is 2. The van der Waals surface area contributed by atoms with Crippen LogP contribution in [0.3, 0.4) is 0 Å². The quantitative estimate of drug-likeness (QED) is 0.720. The summed E-state index contributed by atoms with van der Waals surface area (Å²) in [4.78, 5) is 17.9. The summed E-state index contributed by atoms with van der Waals surface area (Å²) in [5.41, 5.74) is 1.48. The average molecular weight is 426 g/mol. The number of halogens is 1. The van der Waals surface area contributed by atoms with E-state index in [1.807, 2.05) is 18.2 Å². The smallest absolute Gasteiger partial charge is 0.414 e. The van der Waals surface area contributed by atoms with Crippen molar-refractivity contribution in [1.82, 2.24) is 20.8 Å². The maximum absolute atomic E-state index is 12.1. The molecule has 2 N–H and O–H groups in total. The number of benzene rings is 1. The van der Waals surface area contributed by atoms with E-state index >= 15 is 0 Å². The molecule has 0 aliphatic carbocycles. The summed E-state index contributed by atoms with van der Waals surface area (Å²) in [6.45, 7) is 2.63. The summed E-state index contributed by atoms with van der Waals surface area (Å²) in [5.74, 6) is 0.978. The van der Waals surface area contributed by atoms with E-state index in [-0.39, 0.29) is 6.10 Å². The number of nitrogens with zero attached hydrogens (tertiary/aromatic N) is 3. The average Bonchev–Trinajstić information content (AvgIpc) is 3.18. The number of aromatic nitrogens is 2. The van der Waals surface area contributed by atoms with Crippen molar-refractivity contribution in [2.75, 3.05) is 25.0 Å². The molecule has 8 nitrogen and oxygen atoms in total. The van der Waals surface area contributed by atoms with Gasteiger partial charge in [0.15, 0.2) is 10.9 Å². The molecule has 1 aromatic carbocycles. The van der Waals surface area contributed by atoms with Crippen molar-refractivity contribution < 1.29 is 14.1 Å². The Morgan fingerprint density at radius 3 is 2.96 bits per heavy atom. The highest BCUT2D eigenvalue weighted by Crippen LogP contribution is 2.32. The second-order valence-electron chi connectivity index (χ2n) is 5.39. The van der Waals surface area contributed by atoms with Crippen molar-refractivity contribution in [3.63, 3.8) is 0 Å². The number of cyclic esters (lactones) is 1. The van der Waals surface area contributed by atoms with E-state index in [4.69, 9.17) is 21.5 Å². The molecule has 0 spiro atoms. The molecule has 3 rings (SSSR count). The van der Waals surface area contributed by atoms with Crippen LogP contribution in [-0.4, -0.2) is 47.6 Å². The Hall–Kier alpha value is -2.20. The SMILES string of the molecule is CNC(=S)NCC1CN(c2ccc(-c3nc(C)no3)c(Br)c2)C(=O)O1. The van der Waals surface area contributed by atoms with Crippen LogP contribution >= 0.6 is 28.1 Å². The number of aryl methyl sites for hydroxylation is 1. The standard InChI is InChI=1S/C15H16BrN5O3S/c1-8-19-13(24-20-8)11-4-3-9(5-12(11)16)21-7-10(23-15(21)22)6-18-14(25)17-2/h3-5,10H,6-7H2,1-2H3,(H2,17,18,25). The molecule has 1 atom stereocenters. The van der Waals surface area contributed by atoms with Crippen molar-refractivity contribution in [3.05, 3.63) is 28.5 Å². The second-order valence-corrected chi connectivity index (χ2v) is 6.65. The molecule has 0 bridgehead atoms. The van der Waals surface area contributed by atoms with Crippen LogP contribution < -0.4 is 15.5 Å². The van der Waals surface area contributed by atoms with Crippen molar-refractivity contribution in [1.29, 1.82) is 0 Å². The summed E-state index contributed by atoms with van der Waals surface area (Å²) >= 11 is 8.51. The van der Waals surface area contributed by atoms with Crippen molar-refractivity contribution in [2.24, 2.45) is 0 Å². The number of anilines is 1. The van der Waals surface area contributed by atoms with Crippen molar-refractivity contribution in [3.8, 4) is 11.5 Å². The van der Waals surface area contributed by atoms with Crippen LogP contribution in [0.15, 0.2) is 27.2 Å². The van der Waals surface area contributed by atoms with E-state index in [0.29, 0.717) is 29.9 Å². The Bertz CT molecular complexity index is 812. The Labute approximate surface area is 158 Å². The van der Waals surface area contributed by atoms with Gasteiger partial charge in [-0.1, -0.05) is 5.16 Å². The van der Waals surface area contributed by atoms with Crippen molar-refractivity contribution in [2.45, 2.75) is 13.0 Å². The fourth-order valence-electron chi connectivity index (χ4n) is 2.39. The second kappa shape index (κ2) is 7.36. The van der Waals surface area contributed by atoms with Gasteiger partial charge in [-0.25, -0.2) is 4.79 Å². The molecule has 0 saturated carbocycles. The minimum Gasteiger partial charge on any atom is -0.442 e. The Kier molecular flexibility index (Phi) is 5.19. The highest BCUT2D eigenvalue weighted by molar-refractivity contribution is 9.10. The summed E-state index contributed by atoms with van der Waals surface area (Å²) in [6.07, 6.45) is -0.675. The molecule has 1 aromatic heterocycles. The van der Waals surface area contributed by atoms with Crippen LogP contribution in [0.25, 0.3) is 11.5 Å². The molecular weight excluding hydrogens is 410 g/mol. The summed E-state index contributed by atoms with van der Waals surface area (Å²) < 4.78 is 11.3. The first kappa shape index (κ1) is 17.6. The van der Waals surface area contributed by atoms with Crippen LogP contribution in [-0.2, 0) is 4.74 Å². The molecule has 25 heavy (non-hydrogen) atoms. The summed E-state index contributed by atoms with van der Waals surface area (Å²) in [5, 5.41) is 10.1. The summed E-state index contributed by atoms with van der Waals surface area (Å²) in [7, 11) is 1.73. The number of hydrogen-bond acceptors (Lipinski definition) is 6. The number of rotatable bonds is 4. The number of carbonyl (C=O) groups is 1. The van der Waals surface area contributed by atoms with Gasteiger partial charge in [-0.15, -0.1) is 0 Å². The Morgan fingerprint density at radius 1 is 1.52 bits per heavy atom. The lowest BCUT2D eigenvalue weighted by atomic mass is 10.2. The van der Waals surface area contributed by atoms with E-state index in [0.717, 1.165) is 15.7 Å². The van der Waals surface area contributed by atoms with Gasteiger partial charge < -0.3 is 19.9 Å². The van der Waals surface area contributed by atoms with E-state index in [1.165, 1.54) is 0 Å². The van der Waals surface area contributed by atoms with Crippen LogP contribution in [0.4, 0.5) is 10.5 Å². The zero-order chi connectivity index (χ0) is 18.0. The van der Waals surface area contributed by atoms with E-state index in [9.17, 15) is 4.79 Å². The van der Waals surface area contributed by atoms with Crippen LogP contribution in [0, 0.1) is 6.92 Å². The van der Waals surface area contributed by atoms with Crippen LogP contribution in [0.1, 0.15) is 5.82 Å².